The Balaban J connectivity index is 2.16. The molecular weight excluding hydrogens is 227 g/mol. The quantitative estimate of drug-likeness (QED) is 0.834. The van der Waals surface area contributed by atoms with E-state index in [0.29, 0.717) is 5.52 Å². The molecule has 1 aliphatic carbocycles. The smallest absolute Gasteiger partial charge is 0.125 e. The molecule has 2 aromatic rings. The highest BCUT2D eigenvalue weighted by Crippen LogP contribution is 2.37. The summed E-state index contributed by atoms with van der Waals surface area (Å²) in [6.07, 6.45) is 7.34. The third-order valence-corrected chi connectivity index (χ3v) is 3.99. The number of aromatic nitrogens is 1. The van der Waals surface area contributed by atoms with Gasteiger partial charge in [0.25, 0.3) is 0 Å². The molecule has 0 unspecified atom stereocenters. The van der Waals surface area contributed by atoms with Gasteiger partial charge in [-0.3, -0.25) is 4.98 Å². The van der Waals surface area contributed by atoms with Crippen LogP contribution in [-0.4, -0.2) is 4.98 Å². The molecule has 3 rings (SSSR count). The molecule has 1 heterocycles. The standard InChI is InChI=1S/C15H17FN2/c16-11-4-5-12-13(6-9-18-14(12)10-11)15(17)7-2-1-3-8-15/h4-6,9-10H,1-3,7-8,17H2. The zero-order chi connectivity index (χ0) is 12.6. The van der Waals surface area contributed by atoms with Crippen LogP contribution in [0, 0.1) is 5.82 Å². The van der Waals surface area contributed by atoms with Crippen molar-refractivity contribution in [2.75, 3.05) is 0 Å². The van der Waals surface area contributed by atoms with Gasteiger partial charge in [-0.1, -0.05) is 19.3 Å². The van der Waals surface area contributed by atoms with Crippen molar-refractivity contribution in [3.05, 3.63) is 41.8 Å². The topological polar surface area (TPSA) is 38.9 Å². The Bertz CT molecular complexity index is 574. The lowest BCUT2D eigenvalue weighted by atomic mass is 9.76. The van der Waals surface area contributed by atoms with Crippen LogP contribution in [0.15, 0.2) is 30.5 Å². The molecule has 18 heavy (non-hydrogen) atoms. The largest absolute Gasteiger partial charge is 0.321 e. The molecule has 1 fully saturated rings. The predicted molar refractivity (Wildman–Crippen MR) is 70.7 cm³/mol. The molecule has 0 saturated heterocycles. The van der Waals surface area contributed by atoms with Crippen molar-refractivity contribution >= 4 is 10.9 Å². The van der Waals surface area contributed by atoms with Crippen molar-refractivity contribution in [1.29, 1.82) is 0 Å². The predicted octanol–water partition coefficient (Wildman–Crippen LogP) is 3.49. The van der Waals surface area contributed by atoms with E-state index in [1.807, 2.05) is 6.07 Å². The molecular formula is C15H17FN2. The lowest BCUT2D eigenvalue weighted by molar-refractivity contribution is 0.304. The number of nitrogens with zero attached hydrogens (tertiary/aromatic N) is 1. The van der Waals surface area contributed by atoms with Crippen molar-refractivity contribution < 1.29 is 4.39 Å². The Labute approximate surface area is 106 Å². The fourth-order valence-corrected chi connectivity index (χ4v) is 3.01. The first-order valence-corrected chi connectivity index (χ1v) is 6.53. The summed E-state index contributed by atoms with van der Waals surface area (Å²) in [6, 6.07) is 6.76. The first-order valence-electron chi connectivity index (χ1n) is 6.53. The average molecular weight is 244 g/mol. The third kappa shape index (κ3) is 1.89. The number of pyridine rings is 1. The van der Waals surface area contributed by atoms with E-state index in [-0.39, 0.29) is 11.4 Å². The molecule has 0 atom stereocenters. The Hall–Kier alpha value is -1.48. The molecule has 0 aliphatic heterocycles. The maximum absolute atomic E-state index is 13.2. The molecule has 2 N–H and O–H groups in total. The van der Waals surface area contributed by atoms with Gasteiger partial charge in [0.1, 0.15) is 5.82 Å². The van der Waals surface area contributed by atoms with Crippen molar-refractivity contribution in [1.82, 2.24) is 4.98 Å². The molecule has 3 heteroatoms. The van der Waals surface area contributed by atoms with Crippen LogP contribution < -0.4 is 5.73 Å². The second-order valence-corrected chi connectivity index (χ2v) is 5.24. The lowest BCUT2D eigenvalue weighted by Crippen LogP contribution is -2.38. The molecule has 0 spiro atoms. The van der Waals surface area contributed by atoms with E-state index < -0.39 is 0 Å². The summed E-state index contributed by atoms with van der Waals surface area (Å²) in [5, 5.41) is 0.989. The summed E-state index contributed by atoms with van der Waals surface area (Å²) in [6.45, 7) is 0. The normalized spacial score (nSPS) is 19.0. The second-order valence-electron chi connectivity index (χ2n) is 5.24. The van der Waals surface area contributed by atoms with Crippen molar-refractivity contribution in [2.24, 2.45) is 5.73 Å². The molecule has 0 bridgehead atoms. The van der Waals surface area contributed by atoms with E-state index in [1.54, 1.807) is 12.3 Å². The van der Waals surface area contributed by atoms with Crippen LogP contribution >= 0.6 is 0 Å². The number of hydrogen-bond donors (Lipinski definition) is 1. The Morgan fingerprint density at radius 1 is 1.11 bits per heavy atom. The van der Waals surface area contributed by atoms with Crippen LogP contribution in [-0.2, 0) is 5.54 Å². The average Bonchev–Trinajstić information content (AvgIpc) is 2.38. The van der Waals surface area contributed by atoms with Gasteiger partial charge >= 0.3 is 0 Å². The van der Waals surface area contributed by atoms with Crippen LogP contribution in [0.25, 0.3) is 10.9 Å². The number of hydrogen-bond acceptors (Lipinski definition) is 2. The van der Waals surface area contributed by atoms with Crippen LogP contribution in [0.4, 0.5) is 4.39 Å². The zero-order valence-corrected chi connectivity index (χ0v) is 10.3. The molecule has 1 aromatic carbocycles. The summed E-state index contributed by atoms with van der Waals surface area (Å²) >= 11 is 0. The maximum Gasteiger partial charge on any atom is 0.125 e. The van der Waals surface area contributed by atoms with Gasteiger partial charge in [0.05, 0.1) is 5.52 Å². The van der Waals surface area contributed by atoms with Crippen LogP contribution in [0.5, 0.6) is 0 Å². The van der Waals surface area contributed by atoms with Gasteiger partial charge in [0.15, 0.2) is 0 Å². The fraction of sp³-hybridized carbons (Fsp3) is 0.400. The molecule has 94 valence electrons. The van der Waals surface area contributed by atoms with Gasteiger partial charge in [-0.25, -0.2) is 4.39 Å². The van der Waals surface area contributed by atoms with E-state index in [1.165, 1.54) is 31.4 Å². The van der Waals surface area contributed by atoms with Crippen LogP contribution in [0.3, 0.4) is 0 Å². The highest BCUT2D eigenvalue weighted by molar-refractivity contribution is 5.83. The molecule has 0 amide bonds. The van der Waals surface area contributed by atoms with Gasteiger partial charge in [-0.15, -0.1) is 0 Å². The molecule has 1 aromatic heterocycles. The van der Waals surface area contributed by atoms with E-state index in [2.05, 4.69) is 4.98 Å². The zero-order valence-electron chi connectivity index (χ0n) is 10.3. The summed E-state index contributed by atoms with van der Waals surface area (Å²) in [5.74, 6) is -0.248. The van der Waals surface area contributed by atoms with E-state index in [0.717, 1.165) is 23.8 Å². The van der Waals surface area contributed by atoms with Gasteiger partial charge in [-0.05, 0) is 36.6 Å². The molecule has 1 saturated carbocycles. The Morgan fingerprint density at radius 2 is 1.89 bits per heavy atom. The first kappa shape index (κ1) is 11.6. The minimum absolute atomic E-state index is 0.248. The van der Waals surface area contributed by atoms with Gasteiger partial charge in [-0.2, -0.15) is 0 Å². The fourth-order valence-electron chi connectivity index (χ4n) is 3.01. The van der Waals surface area contributed by atoms with E-state index in [4.69, 9.17) is 5.73 Å². The van der Waals surface area contributed by atoms with Crippen LogP contribution in [0.1, 0.15) is 37.7 Å². The van der Waals surface area contributed by atoms with E-state index >= 15 is 0 Å². The molecule has 2 nitrogen and oxygen atoms in total. The van der Waals surface area contributed by atoms with Crippen molar-refractivity contribution in [2.45, 2.75) is 37.6 Å². The van der Waals surface area contributed by atoms with E-state index in [9.17, 15) is 4.39 Å². The number of halogens is 1. The van der Waals surface area contributed by atoms with Gasteiger partial charge < -0.3 is 5.73 Å². The molecule has 1 aliphatic rings. The third-order valence-electron chi connectivity index (χ3n) is 3.99. The number of fused-ring (bicyclic) bond motifs is 1. The number of rotatable bonds is 1. The SMILES string of the molecule is NC1(c2ccnc3cc(F)ccc23)CCCCC1. The van der Waals surface area contributed by atoms with Gasteiger partial charge in [0.2, 0.25) is 0 Å². The monoisotopic (exact) mass is 244 g/mol. The summed E-state index contributed by atoms with van der Waals surface area (Å²) in [7, 11) is 0. The minimum atomic E-state index is -0.267. The number of nitrogens with two attached hydrogens (primary N) is 1. The minimum Gasteiger partial charge on any atom is -0.321 e. The summed E-state index contributed by atoms with van der Waals surface area (Å²) in [5.41, 5.74) is 8.11. The van der Waals surface area contributed by atoms with Crippen molar-refractivity contribution in [3.8, 4) is 0 Å². The summed E-state index contributed by atoms with van der Waals surface area (Å²) in [4.78, 5) is 4.23. The summed E-state index contributed by atoms with van der Waals surface area (Å²) < 4.78 is 13.2. The lowest BCUT2D eigenvalue weighted by Gasteiger charge is -2.34. The second kappa shape index (κ2) is 4.32. The van der Waals surface area contributed by atoms with Crippen LogP contribution in [0.2, 0.25) is 0 Å². The van der Waals surface area contributed by atoms with Gasteiger partial charge in [0, 0.05) is 23.2 Å². The first-order chi connectivity index (χ1) is 8.69. The highest BCUT2D eigenvalue weighted by atomic mass is 19.1. The number of benzene rings is 1. The highest BCUT2D eigenvalue weighted by Gasteiger charge is 2.30. The Morgan fingerprint density at radius 3 is 2.67 bits per heavy atom. The maximum atomic E-state index is 13.2. The van der Waals surface area contributed by atoms with Crippen molar-refractivity contribution in [3.63, 3.8) is 0 Å². The molecule has 0 radical (unpaired) electrons. The Kier molecular flexibility index (Phi) is 2.78.